The number of carbonyl (C=O) groups is 1. The van der Waals surface area contributed by atoms with Gasteiger partial charge < -0.3 is 5.32 Å². The van der Waals surface area contributed by atoms with E-state index < -0.39 is 0 Å². The molecule has 0 atom stereocenters. The highest BCUT2D eigenvalue weighted by Gasteiger charge is 2.11. The Bertz CT molecular complexity index is 771. The minimum Gasteiger partial charge on any atom is -0.319 e. The van der Waals surface area contributed by atoms with Crippen LogP contribution in [-0.2, 0) is 0 Å². The van der Waals surface area contributed by atoms with E-state index in [9.17, 15) is 4.79 Å². The van der Waals surface area contributed by atoms with Crippen LogP contribution in [0.2, 0.25) is 5.02 Å². The Morgan fingerprint density at radius 2 is 2.05 bits per heavy atom. The van der Waals surface area contributed by atoms with Gasteiger partial charge >= 0.3 is 0 Å². The number of nitrogens with one attached hydrogen (secondary N) is 1. The van der Waals surface area contributed by atoms with Crippen molar-refractivity contribution >= 4 is 23.2 Å². The van der Waals surface area contributed by atoms with E-state index in [4.69, 9.17) is 11.6 Å². The first-order valence-corrected chi connectivity index (χ1v) is 6.64. The third-order valence-electron chi connectivity index (χ3n) is 2.84. The smallest absolute Gasteiger partial charge is 0.255 e. The summed E-state index contributed by atoms with van der Waals surface area (Å²) in [5.74, 6) is 0.303. The number of rotatable bonds is 3. The quantitative estimate of drug-likeness (QED) is 0.808. The van der Waals surface area contributed by atoms with Crippen LogP contribution in [0.4, 0.5) is 5.69 Å². The Kier molecular flexibility index (Phi) is 3.66. The molecule has 0 aliphatic carbocycles. The summed E-state index contributed by atoms with van der Waals surface area (Å²) in [5.41, 5.74) is 1.06. The molecule has 1 amide bonds. The fraction of sp³-hybridized carbons (Fsp3) is 0. The number of hydrogen-bond acceptors (Lipinski definition) is 3. The van der Waals surface area contributed by atoms with E-state index in [0.29, 0.717) is 22.1 Å². The van der Waals surface area contributed by atoms with Crippen LogP contribution in [0, 0.1) is 0 Å². The molecule has 2 heterocycles. The van der Waals surface area contributed by atoms with E-state index in [0.717, 1.165) is 0 Å². The van der Waals surface area contributed by atoms with Gasteiger partial charge in [-0.05, 0) is 36.4 Å². The van der Waals surface area contributed by atoms with E-state index in [-0.39, 0.29) is 5.91 Å². The lowest BCUT2D eigenvalue weighted by Crippen LogP contribution is -2.14. The molecule has 5 nitrogen and oxygen atoms in total. The van der Waals surface area contributed by atoms with E-state index in [1.165, 1.54) is 0 Å². The first-order valence-electron chi connectivity index (χ1n) is 6.26. The normalized spacial score (nSPS) is 10.3. The zero-order valence-corrected chi connectivity index (χ0v) is 11.7. The van der Waals surface area contributed by atoms with Crippen LogP contribution < -0.4 is 5.32 Å². The number of halogens is 1. The SMILES string of the molecule is O=C(Nc1cccnc1-n1cccn1)c1cccc(Cl)c1. The highest BCUT2D eigenvalue weighted by molar-refractivity contribution is 6.31. The van der Waals surface area contributed by atoms with Gasteiger partial charge in [-0.2, -0.15) is 5.10 Å². The van der Waals surface area contributed by atoms with Crippen LogP contribution >= 0.6 is 11.6 Å². The average molecular weight is 299 g/mol. The molecule has 0 radical (unpaired) electrons. The molecule has 6 heteroatoms. The number of nitrogens with zero attached hydrogens (tertiary/aromatic N) is 3. The van der Waals surface area contributed by atoms with Crippen molar-refractivity contribution in [3.8, 4) is 5.82 Å². The van der Waals surface area contributed by atoms with E-state index in [1.54, 1.807) is 65.7 Å². The van der Waals surface area contributed by atoms with E-state index in [1.807, 2.05) is 0 Å². The standard InChI is InChI=1S/C15H11ClN4O/c16-12-5-1-4-11(10-12)15(21)19-13-6-2-7-17-14(13)20-9-3-8-18-20/h1-10H,(H,19,21). The maximum absolute atomic E-state index is 12.3. The number of pyridine rings is 1. The number of amides is 1. The highest BCUT2D eigenvalue weighted by atomic mass is 35.5. The summed E-state index contributed by atoms with van der Waals surface area (Å²) in [7, 11) is 0. The molecule has 1 aromatic carbocycles. The number of hydrogen-bond donors (Lipinski definition) is 1. The molecular weight excluding hydrogens is 288 g/mol. The van der Waals surface area contributed by atoms with Gasteiger partial charge in [-0.25, -0.2) is 9.67 Å². The highest BCUT2D eigenvalue weighted by Crippen LogP contribution is 2.18. The number of anilines is 1. The van der Waals surface area contributed by atoms with Crippen molar-refractivity contribution in [1.82, 2.24) is 14.8 Å². The van der Waals surface area contributed by atoms with Crippen molar-refractivity contribution in [1.29, 1.82) is 0 Å². The van der Waals surface area contributed by atoms with Gasteiger partial charge in [0.15, 0.2) is 5.82 Å². The van der Waals surface area contributed by atoms with Gasteiger partial charge in [-0.15, -0.1) is 0 Å². The Balaban J connectivity index is 1.90. The molecule has 0 aliphatic rings. The predicted molar refractivity (Wildman–Crippen MR) is 80.8 cm³/mol. The molecule has 0 unspecified atom stereocenters. The van der Waals surface area contributed by atoms with Gasteiger partial charge in [0.1, 0.15) is 0 Å². The van der Waals surface area contributed by atoms with Gasteiger partial charge in [-0.1, -0.05) is 17.7 Å². The minimum absolute atomic E-state index is 0.251. The second kappa shape index (κ2) is 5.76. The van der Waals surface area contributed by atoms with Gasteiger partial charge in [0.2, 0.25) is 0 Å². The second-order valence-electron chi connectivity index (χ2n) is 4.29. The van der Waals surface area contributed by atoms with E-state index in [2.05, 4.69) is 15.4 Å². The topological polar surface area (TPSA) is 59.8 Å². The van der Waals surface area contributed by atoms with Gasteiger partial charge in [0, 0.05) is 29.2 Å². The lowest BCUT2D eigenvalue weighted by atomic mass is 10.2. The maximum atomic E-state index is 12.3. The molecule has 3 rings (SSSR count). The van der Waals surface area contributed by atoms with Crippen LogP contribution in [-0.4, -0.2) is 20.7 Å². The zero-order chi connectivity index (χ0) is 14.7. The van der Waals surface area contributed by atoms with Crippen molar-refractivity contribution in [2.75, 3.05) is 5.32 Å². The third kappa shape index (κ3) is 2.93. The Hall–Kier alpha value is -2.66. The Labute approximate surface area is 126 Å². The Morgan fingerprint density at radius 3 is 2.81 bits per heavy atom. The number of benzene rings is 1. The lowest BCUT2D eigenvalue weighted by molar-refractivity contribution is 0.102. The first-order chi connectivity index (χ1) is 10.2. The number of carbonyl (C=O) groups excluding carboxylic acids is 1. The summed E-state index contributed by atoms with van der Waals surface area (Å²) in [4.78, 5) is 16.5. The van der Waals surface area contributed by atoms with Crippen LogP contribution in [0.25, 0.3) is 5.82 Å². The zero-order valence-electron chi connectivity index (χ0n) is 10.9. The molecule has 0 saturated carbocycles. The lowest BCUT2D eigenvalue weighted by Gasteiger charge is -2.10. The molecule has 3 aromatic rings. The van der Waals surface area contributed by atoms with Crippen molar-refractivity contribution < 1.29 is 4.79 Å². The summed E-state index contributed by atoms with van der Waals surface area (Å²) >= 11 is 5.90. The fourth-order valence-corrected chi connectivity index (χ4v) is 2.09. The second-order valence-corrected chi connectivity index (χ2v) is 4.73. The molecular formula is C15H11ClN4O. The molecule has 0 saturated heterocycles. The summed E-state index contributed by atoms with van der Waals surface area (Å²) in [5, 5.41) is 7.46. The minimum atomic E-state index is -0.251. The molecule has 21 heavy (non-hydrogen) atoms. The van der Waals surface area contributed by atoms with Gasteiger partial charge in [-0.3, -0.25) is 4.79 Å². The van der Waals surface area contributed by atoms with Crippen molar-refractivity contribution in [2.24, 2.45) is 0 Å². The van der Waals surface area contributed by atoms with Crippen LogP contribution in [0.3, 0.4) is 0 Å². The molecule has 2 aromatic heterocycles. The molecule has 0 aliphatic heterocycles. The summed E-state index contributed by atoms with van der Waals surface area (Å²) in [6.45, 7) is 0. The fourth-order valence-electron chi connectivity index (χ4n) is 1.90. The van der Waals surface area contributed by atoms with Crippen molar-refractivity contribution in [3.63, 3.8) is 0 Å². The van der Waals surface area contributed by atoms with E-state index >= 15 is 0 Å². The monoisotopic (exact) mass is 298 g/mol. The molecule has 104 valence electrons. The van der Waals surface area contributed by atoms with Crippen molar-refractivity contribution in [3.05, 3.63) is 71.6 Å². The molecule has 0 bridgehead atoms. The van der Waals surface area contributed by atoms with Crippen LogP contribution in [0.15, 0.2) is 61.1 Å². The number of aromatic nitrogens is 3. The van der Waals surface area contributed by atoms with Crippen molar-refractivity contribution in [2.45, 2.75) is 0 Å². The van der Waals surface area contributed by atoms with Gasteiger partial charge in [0.05, 0.1) is 5.69 Å². The van der Waals surface area contributed by atoms with Crippen LogP contribution in [0.5, 0.6) is 0 Å². The summed E-state index contributed by atoms with van der Waals surface area (Å²) < 4.78 is 1.59. The largest absolute Gasteiger partial charge is 0.319 e. The summed E-state index contributed by atoms with van der Waals surface area (Å²) in [6, 6.07) is 12.1. The molecule has 0 spiro atoms. The average Bonchev–Trinajstić information content (AvgIpc) is 3.02. The molecule has 1 N–H and O–H groups in total. The maximum Gasteiger partial charge on any atom is 0.255 e. The molecule has 0 fully saturated rings. The predicted octanol–water partition coefficient (Wildman–Crippen LogP) is 3.17. The Morgan fingerprint density at radius 1 is 1.14 bits per heavy atom. The first kappa shape index (κ1) is 13.3. The van der Waals surface area contributed by atoms with Crippen LogP contribution in [0.1, 0.15) is 10.4 Å². The third-order valence-corrected chi connectivity index (χ3v) is 3.08. The van der Waals surface area contributed by atoms with Gasteiger partial charge in [0.25, 0.3) is 5.91 Å². The summed E-state index contributed by atoms with van der Waals surface area (Å²) in [6.07, 6.45) is 5.06.